The molecule has 3 aromatic rings. The minimum Gasteiger partial charge on any atom is -0.364 e. The van der Waals surface area contributed by atoms with Crippen molar-refractivity contribution in [1.82, 2.24) is 9.97 Å². The highest BCUT2D eigenvalue weighted by Crippen LogP contribution is 2.22. The molecule has 1 aromatic heterocycles. The largest absolute Gasteiger partial charge is 0.364 e. The minimum atomic E-state index is -0.661. The second kappa shape index (κ2) is 6.33. The molecule has 0 saturated heterocycles. The Morgan fingerprint density at radius 3 is 2.08 bits per heavy atom. The average Bonchev–Trinajstić information content (AvgIpc) is 2.55. The second-order valence-electron chi connectivity index (χ2n) is 5.16. The third-order valence-corrected chi connectivity index (χ3v) is 3.27. The Hall–Kier alpha value is -3.48. The van der Waals surface area contributed by atoms with E-state index in [0.717, 1.165) is 0 Å². The quantitative estimate of drug-likeness (QED) is 0.683. The van der Waals surface area contributed by atoms with Gasteiger partial charge in [-0.2, -0.15) is 0 Å². The van der Waals surface area contributed by atoms with Gasteiger partial charge in [-0.3, -0.25) is 9.59 Å². The average molecular weight is 321 g/mol. The van der Waals surface area contributed by atoms with Crippen LogP contribution in [0.2, 0.25) is 0 Å². The molecule has 0 fully saturated rings. The zero-order valence-corrected chi connectivity index (χ0v) is 12.9. The number of para-hydroxylation sites is 2. The Labute approximate surface area is 137 Å². The predicted molar refractivity (Wildman–Crippen MR) is 92.1 cm³/mol. The van der Waals surface area contributed by atoms with Gasteiger partial charge in [0.2, 0.25) is 5.91 Å². The Morgan fingerprint density at radius 1 is 0.917 bits per heavy atom. The van der Waals surface area contributed by atoms with E-state index in [1.54, 1.807) is 36.4 Å². The zero-order valence-electron chi connectivity index (χ0n) is 12.9. The molecule has 2 aromatic carbocycles. The number of amides is 2. The van der Waals surface area contributed by atoms with Crippen LogP contribution in [0.3, 0.4) is 0 Å². The summed E-state index contributed by atoms with van der Waals surface area (Å²) in [5, 5.41) is 5.72. The van der Waals surface area contributed by atoms with E-state index in [1.807, 2.05) is 12.1 Å². The van der Waals surface area contributed by atoms with E-state index in [0.29, 0.717) is 22.4 Å². The number of nitrogens with zero attached hydrogens (tertiary/aromatic N) is 2. The molecule has 0 radical (unpaired) electrons. The van der Waals surface area contributed by atoms with Crippen LogP contribution in [0.5, 0.6) is 0 Å². The van der Waals surface area contributed by atoms with Crippen LogP contribution >= 0.6 is 0 Å². The van der Waals surface area contributed by atoms with Crippen molar-refractivity contribution in [3.63, 3.8) is 0 Å². The number of carbonyl (C=O) groups excluding carboxylic acids is 2. The highest BCUT2D eigenvalue weighted by atomic mass is 16.1. The number of primary amides is 1. The third kappa shape index (κ3) is 3.30. The molecule has 4 N–H and O–H groups in total. The Balaban J connectivity index is 1.95. The summed E-state index contributed by atoms with van der Waals surface area (Å²) in [7, 11) is 0. The van der Waals surface area contributed by atoms with E-state index >= 15 is 0 Å². The number of nitrogens with one attached hydrogen (secondary N) is 2. The van der Waals surface area contributed by atoms with Crippen LogP contribution in [0.15, 0.2) is 48.5 Å². The van der Waals surface area contributed by atoms with Gasteiger partial charge in [0, 0.05) is 18.3 Å². The standard InChI is InChI=1S/C17H15N5O2/c1-10(23)19-11-6-8-12(9-7-11)20-17-15(16(18)24)21-13-4-2-3-5-14(13)22-17/h2-9H,1H3,(H2,18,24)(H,19,23)(H,20,22). The lowest BCUT2D eigenvalue weighted by atomic mass is 10.2. The number of anilines is 3. The van der Waals surface area contributed by atoms with Crippen LogP contribution in [0.4, 0.5) is 17.2 Å². The molecule has 2 amide bonds. The molecule has 0 aliphatic heterocycles. The number of fused-ring (bicyclic) bond motifs is 1. The highest BCUT2D eigenvalue weighted by molar-refractivity contribution is 5.98. The summed E-state index contributed by atoms with van der Waals surface area (Å²) in [5.41, 5.74) is 8.09. The van der Waals surface area contributed by atoms with Crippen molar-refractivity contribution in [1.29, 1.82) is 0 Å². The molecule has 1 heterocycles. The molecule has 0 aliphatic carbocycles. The van der Waals surface area contributed by atoms with Gasteiger partial charge in [0.1, 0.15) is 0 Å². The molecular weight excluding hydrogens is 306 g/mol. The van der Waals surface area contributed by atoms with Gasteiger partial charge in [-0.05, 0) is 36.4 Å². The maximum Gasteiger partial charge on any atom is 0.271 e. The Kier molecular flexibility index (Phi) is 4.07. The van der Waals surface area contributed by atoms with Gasteiger partial charge in [-0.1, -0.05) is 12.1 Å². The zero-order chi connectivity index (χ0) is 17.1. The fourth-order valence-electron chi connectivity index (χ4n) is 2.24. The highest BCUT2D eigenvalue weighted by Gasteiger charge is 2.14. The first kappa shape index (κ1) is 15.4. The van der Waals surface area contributed by atoms with Crippen LogP contribution in [-0.4, -0.2) is 21.8 Å². The molecule has 0 saturated carbocycles. The normalized spacial score (nSPS) is 10.4. The van der Waals surface area contributed by atoms with Crippen LogP contribution in [0, 0.1) is 0 Å². The van der Waals surface area contributed by atoms with Gasteiger partial charge >= 0.3 is 0 Å². The van der Waals surface area contributed by atoms with E-state index in [-0.39, 0.29) is 17.4 Å². The van der Waals surface area contributed by atoms with Crippen LogP contribution in [-0.2, 0) is 4.79 Å². The molecule has 7 nitrogen and oxygen atoms in total. The van der Waals surface area contributed by atoms with Gasteiger partial charge in [0.25, 0.3) is 5.91 Å². The number of aromatic nitrogens is 2. The number of hydrogen-bond acceptors (Lipinski definition) is 5. The molecule has 0 spiro atoms. The maximum absolute atomic E-state index is 11.7. The van der Waals surface area contributed by atoms with Crippen molar-refractivity contribution >= 4 is 40.0 Å². The molecule has 0 aliphatic rings. The molecular formula is C17H15N5O2. The predicted octanol–water partition coefficient (Wildman–Crippen LogP) is 2.43. The van der Waals surface area contributed by atoms with Crippen molar-refractivity contribution in [2.75, 3.05) is 10.6 Å². The molecule has 24 heavy (non-hydrogen) atoms. The third-order valence-electron chi connectivity index (χ3n) is 3.27. The summed E-state index contributed by atoms with van der Waals surface area (Å²) in [6, 6.07) is 14.2. The smallest absolute Gasteiger partial charge is 0.271 e. The molecule has 7 heteroatoms. The van der Waals surface area contributed by atoms with Crippen molar-refractivity contribution < 1.29 is 9.59 Å². The van der Waals surface area contributed by atoms with Crippen LogP contribution < -0.4 is 16.4 Å². The molecule has 3 rings (SSSR count). The maximum atomic E-state index is 11.7. The summed E-state index contributed by atoms with van der Waals surface area (Å²) >= 11 is 0. The molecule has 120 valence electrons. The summed E-state index contributed by atoms with van der Waals surface area (Å²) in [6.45, 7) is 1.44. The van der Waals surface area contributed by atoms with Crippen LogP contribution in [0.25, 0.3) is 11.0 Å². The lowest BCUT2D eigenvalue weighted by Crippen LogP contribution is -2.16. The molecule has 0 atom stereocenters. The fourth-order valence-corrected chi connectivity index (χ4v) is 2.24. The lowest BCUT2D eigenvalue weighted by molar-refractivity contribution is -0.114. The van der Waals surface area contributed by atoms with Gasteiger partial charge in [-0.25, -0.2) is 9.97 Å². The lowest BCUT2D eigenvalue weighted by Gasteiger charge is -2.10. The van der Waals surface area contributed by atoms with Crippen molar-refractivity contribution in [2.45, 2.75) is 6.92 Å². The molecule has 0 bridgehead atoms. The molecule has 0 unspecified atom stereocenters. The summed E-state index contributed by atoms with van der Waals surface area (Å²) in [5.74, 6) is -0.522. The summed E-state index contributed by atoms with van der Waals surface area (Å²) in [4.78, 5) is 31.4. The number of carbonyl (C=O) groups is 2. The fraction of sp³-hybridized carbons (Fsp3) is 0.0588. The van der Waals surface area contributed by atoms with E-state index in [9.17, 15) is 9.59 Å². The van der Waals surface area contributed by atoms with Gasteiger partial charge in [0.15, 0.2) is 11.5 Å². The Bertz CT molecular complexity index is 922. The van der Waals surface area contributed by atoms with E-state index in [4.69, 9.17) is 5.73 Å². The second-order valence-corrected chi connectivity index (χ2v) is 5.16. The van der Waals surface area contributed by atoms with Crippen molar-refractivity contribution in [3.8, 4) is 0 Å². The summed E-state index contributed by atoms with van der Waals surface area (Å²) < 4.78 is 0. The van der Waals surface area contributed by atoms with E-state index in [1.165, 1.54) is 6.92 Å². The summed E-state index contributed by atoms with van der Waals surface area (Å²) in [6.07, 6.45) is 0. The van der Waals surface area contributed by atoms with Gasteiger partial charge in [-0.15, -0.1) is 0 Å². The SMILES string of the molecule is CC(=O)Nc1ccc(Nc2nc3ccccc3nc2C(N)=O)cc1. The van der Waals surface area contributed by atoms with Gasteiger partial charge in [0.05, 0.1) is 11.0 Å². The Morgan fingerprint density at radius 2 is 1.50 bits per heavy atom. The minimum absolute atomic E-state index is 0.0691. The van der Waals surface area contributed by atoms with Crippen LogP contribution in [0.1, 0.15) is 17.4 Å². The van der Waals surface area contributed by atoms with Crippen molar-refractivity contribution in [2.24, 2.45) is 5.73 Å². The topological polar surface area (TPSA) is 110 Å². The number of hydrogen-bond donors (Lipinski definition) is 3. The van der Waals surface area contributed by atoms with E-state index < -0.39 is 5.91 Å². The number of rotatable bonds is 4. The first-order valence-electron chi connectivity index (χ1n) is 7.24. The first-order valence-corrected chi connectivity index (χ1v) is 7.24. The van der Waals surface area contributed by atoms with E-state index in [2.05, 4.69) is 20.6 Å². The first-order chi connectivity index (χ1) is 11.5. The van der Waals surface area contributed by atoms with Gasteiger partial charge < -0.3 is 16.4 Å². The monoisotopic (exact) mass is 321 g/mol. The van der Waals surface area contributed by atoms with Crippen molar-refractivity contribution in [3.05, 3.63) is 54.2 Å². The number of benzene rings is 2. The number of nitrogens with two attached hydrogens (primary N) is 1.